The molecule has 0 aliphatic heterocycles. The van der Waals surface area contributed by atoms with E-state index in [9.17, 15) is 22.4 Å². The number of nitrogens with zero attached hydrogens (tertiary/aromatic N) is 4. The number of pyridine rings is 1. The molecule has 3 aromatic rings. The lowest BCUT2D eigenvalue weighted by molar-refractivity contribution is -0.138. The van der Waals surface area contributed by atoms with Gasteiger partial charge in [-0.1, -0.05) is 38.7 Å². The van der Waals surface area contributed by atoms with Crippen LogP contribution in [0.5, 0.6) is 0 Å². The second-order valence-electron chi connectivity index (χ2n) is 8.78. The topological polar surface area (TPSA) is 51.0 Å². The summed E-state index contributed by atoms with van der Waals surface area (Å²) in [5, 5.41) is 0. The van der Waals surface area contributed by atoms with Gasteiger partial charge in [-0.2, -0.15) is 13.2 Å². The molecule has 5 nitrogen and oxygen atoms in total. The van der Waals surface area contributed by atoms with Crippen LogP contribution in [0.15, 0.2) is 36.5 Å². The second-order valence-corrected chi connectivity index (χ2v) is 8.78. The molecule has 0 unspecified atom stereocenters. The molecule has 0 spiro atoms. The lowest BCUT2D eigenvalue weighted by Crippen LogP contribution is -2.35. The molecule has 0 bridgehead atoms. The molecule has 1 aliphatic carbocycles. The molecule has 2 heterocycles. The van der Waals surface area contributed by atoms with Gasteiger partial charge in [0.15, 0.2) is 5.65 Å². The first kappa shape index (κ1) is 24.2. The first-order valence-corrected chi connectivity index (χ1v) is 11.8. The van der Waals surface area contributed by atoms with Crippen LogP contribution in [0.4, 0.5) is 17.6 Å². The van der Waals surface area contributed by atoms with Crippen molar-refractivity contribution in [2.24, 2.45) is 0 Å². The zero-order valence-corrected chi connectivity index (χ0v) is 19.1. The Morgan fingerprint density at radius 2 is 1.91 bits per heavy atom. The molecule has 1 saturated carbocycles. The highest BCUT2D eigenvalue weighted by Crippen LogP contribution is 2.35. The molecule has 1 aromatic carbocycles. The van der Waals surface area contributed by atoms with Crippen molar-refractivity contribution in [2.75, 3.05) is 6.54 Å². The summed E-state index contributed by atoms with van der Waals surface area (Å²) in [7, 11) is 0. The number of rotatable bonds is 8. The fourth-order valence-corrected chi connectivity index (χ4v) is 4.75. The van der Waals surface area contributed by atoms with Gasteiger partial charge in [0.25, 0.3) is 5.91 Å². The van der Waals surface area contributed by atoms with Gasteiger partial charge in [0.2, 0.25) is 0 Å². The Hall–Kier alpha value is -2.97. The number of hydrogen-bond donors (Lipinski definition) is 0. The predicted octanol–water partition coefficient (Wildman–Crippen LogP) is 6.54. The number of carbonyl (C=O) groups is 1. The Labute approximate surface area is 195 Å². The maximum Gasteiger partial charge on any atom is 0.417 e. The Balaban J connectivity index is 1.75. The first-order valence-electron chi connectivity index (χ1n) is 11.8. The highest BCUT2D eigenvalue weighted by Gasteiger charge is 2.38. The van der Waals surface area contributed by atoms with E-state index < -0.39 is 29.0 Å². The summed E-state index contributed by atoms with van der Waals surface area (Å²) in [4.78, 5) is 23.9. The van der Waals surface area contributed by atoms with E-state index >= 15 is 0 Å². The van der Waals surface area contributed by atoms with Gasteiger partial charge in [0.1, 0.15) is 17.2 Å². The minimum absolute atomic E-state index is 0.0129. The van der Waals surface area contributed by atoms with E-state index in [0.717, 1.165) is 56.7 Å². The van der Waals surface area contributed by atoms with Crippen LogP contribution in [0, 0.1) is 5.82 Å². The van der Waals surface area contributed by atoms with Crippen molar-refractivity contribution in [3.63, 3.8) is 0 Å². The van der Waals surface area contributed by atoms with Gasteiger partial charge in [-0.25, -0.2) is 14.4 Å². The predicted molar refractivity (Wildman–Crippen MR) is 121 cm³/mol. The van der Waals surface area contributed by atoms with E-state index in [2.05, 4.69) is 9.97 Å². The summed E-state index contributed by atoms with van der Waals surface area (Å²) in [6, 6.07) is 6.39. The Bertz CT molecular complexity index is 1150. The van der Waals surface area contributed by atoms with Crippen LogP contribution < -0.4 is 0 Å². The van der Waals surface area contributed by atoms with Crippen molar-refractivity contribution < 1.29 is 22.4 Å². The van der Waals surface area contributed by atoms with Crippen LogP contribution in [-0.4, -0.2) is 31.9 Å². The fourth-order valence-electron chi connectivity index (χ4n) is 4.75. The van der Waals surface area contributed by atoms with Gasteiger partial charge < -0.3 is 9.47 Å². The monoisotopic (exact) mass is 476 g/mol. The third-order valence-electron chi connectivity index (χ3n) is 6.40. The zero-order chi connectivity index (χ0) is 24.3. The lowest BCUT2D eigenvalue weighted by Gasteiger charge is -2.26. The molecule has 0 radical (unpaired) electrons. The Morgan fingerprint density at radius 1 is 1.15 bits per heavy atom. The van der Waals surface area contributed by atoms with Gasteiger partial charge >= 0.3 is 6.18 Å². The number of carbonyl (C=O) groups excluding carboxylic acids is 1. The number of imidazole rings is 1. The first-order chi connectivity index (χ1) is 16.3. The van der Waals surface area contributed by atoms with Gasteiger partial charge in [-0.05, 0) is 43.5 Å². The molecule has 1 amide bonds. The van der Waals surface area contributed by atoms with E-state index in [1.807, 2.05) is 17.6 Å². The molecule has 182 valence electrons. The average molecular weight is 477 g/mol. The number of fused-ring (bicyclic) bond motifs is 1. The summed E-state index contributed by atoms with van der Waals surface area (Å²) in [6.45, 7) is 2.19. The maximum atomic E-state index is 14.6. The normalized spacial score (nSPS) is 14.7. The number of halogens is 4. The summed E-state index contributed by atoms with van der Waals surface area (Å²) < 4.78 is 57.5. The van der Waals surface area contributed by atoms with Crippen molar-refractivity contribution in [3.05, 3.63) is 59.3 Å². The fraction of sp³-hybridized carbons (Fsp3) is 0.480. The number of benzene rings is 1. The molecule has 34 heavy (non-hydrogen) atoms. The average Bonchev–Trinajstić information content (AvgIpc) is 3.44. The molecule has 2 aromatic heterocycles. The van der Waals surface area contributed by atoms with E-state index in [0.29, 0.717) is 23.4 Å². The SMILES string of the molecule is CCCCCN(Cc1nc2cccnc2n1C1CCCC1)C(=O)c1c(F)cccc1C(F)(F)F. The second kappa shape index (κ2) is 10.1. The lowest BCUT2D eigenvalue weighted by atomic mass is 10.0. The molecule has 0 atom stereocenters. The van der Waals surface area contributed by atoms with Crippen molar-refractivity contribution in [1.29, 1.82) is 0 Å². The molecule has 9 heteroatoms. The van der Waals surface area contributed by atoms with Crippen LogP contribution in [-0.2, 0) is 12.7 Å². The quantitative estimate of drug-likeness (QED) is 0.274. The van der Waals surface area contributed by atoms with E-state index in [1.165, 1.54) is 4.90 Å². The standard InChI is InChI=1S/C25H28F4N4O/c1-2-3-6-15-32(24(34)22-18(25(27,28)29)11-7-12-19(22)26)16-21-31-20-13-8-14-30-23(20)33(21)17-9-4-5-10-17/h7-8,11-14,17H,2-6,9-10,15-16H2,1H3. The molecular formula is C25H28F4N4O. The van der Waals surface area contributed by atoms with Gasteiger partial charge in [0, 0.05) is 18.8 Å². The minimum atomic E-state index is -4.84. The van der Waals surface area contributed by atoms with Gasteiger partial charge in [-0.3, -0.25) is 4.79 Å². The van der Waals surface area contributed by atoms with E-state index in [4.69, 9.17) is 0 Å². The van der Waals surface area contributed by atoms with Crippen molar-refractivity contribution in [2.45, 2.75) is 70.6 Å². The molecule has 4 rings (SSSR count). The number of unbranched alkanes of at least 4 members (excludes halogenated alkanes) is 2. The smallest absolute Gasteiger partial charge is 0.331 e. The summed E-state index contributed by atoms with van der Waals surface area (Å²) in [6.07, 6.45) is 3.14. The summed E-state index contributed by atoms with van der Waals surface area (Å²) in [5.74, 6) is -1.58. The zero-order valence-electron chi connectivity index (χ0n) is 19.1. The maximum absolute atomic E-state index is 14.6. The van der Waals surface area contributed by atoms with E-state index in [-0.39, 0.29) is 19.1 Å². The highest BCUT2D eigenvalue weighted by molar-refractivity contribution is 5.96. The third-order valence-corrected chi connectivity index (χ3v) is 6.40. The van der Waals surface area contributed by atoms with Crippen LogP contribution in [0.1, 0.15) is 79.7 Å². The third kappa shape index (κ3) is 4.93. The molecule has 1 fully saturated rings. The number of amides is 1. The molecule has 0 saturated heterocycles. The molecule has 1 aliphatic rings. The van der Waals surface area contributed by atoms with Crippen LogP contribution in [0.2, 0.25) is 0 Å². The van der Waals surface area contributed by atoms with Crippen LogP contribution in [0.25, 0.3) is 11.2 Å². The van der Waals surface area contributed by atoms with Crippen molar-refractivity contribution in [3.8, 4) is 0 Å². The Kier molecular flexibility index (Phi) is 7.19. The molecular weight excluding hydrogens is 448 g/mol. The largest absolute Gasteiger partial charge is 0.417 e. The number of hydrogen-bond acceptors (Lipinski definition) is 3. The number of alkyl halides is 3. The molecule has 0 N–H and O–H groups in total. The van der Waals surface area contributed by atoms with Crippen LogP contribution in [0.3, 0.4) is 0 Å². The van der Waals surface area contributed by atoms with Gasteiger partial charge in [0.05, 0.1) is 17.7 Å². The highest BCUT2D eigenvalue weighted by atomic mass is 19.4. The summed E-state index contributed by atoms with van der Waals surface area (Å²) >= 11 is 0. The van der Waals surface area contributed by atoms with E-state index in [1.54, 1.807) is 12.3 Å². The Morgan fingerprint density at radius 3 is 2.62 bits per heavy atom. The van der Waals surface area contributed by atoms with Crippen LogP contribution >= 0.6 is 0 Å². The van der Waals surface area contributed by atoms with Gasteiger partial charge in [-0.15, -0.1) is 0 Å². The minimum Gasteiger partial charge on any atom is -0.331 e. The number of aromatic nitrogens is 3. The van der Waals surface area contributed by atoms with Crippen molar-refractivity contribution >= 4 is 17.1 Å². The van der Waals surface area contributed by atoms with Crippen molar-refractivity contribution in [1.82, 2.24) is 19.4 Å². The summed E-state index contributed by atoms with van der Waals surface area (Å²) in [5.41, 5.74) is -0.823.